The van der Waals surface area contributed by atoms with E-state index in [-0.39, 0.29) is 5.41 Å². The van der Waals surface area contributed by atoms with Gasteiger partial charge in [-0.05, 0) is 68.6 Å². The Morgan fingerprint density at radius 1 is 0.392 bits per heavy atom. The van der Waals surface area contributed by atoms with Crippen molar-refractivity contribution in [2.24, 2.45) is 0 Å². The Bertz CT molecular complexity index is 2760. The van der Waals surface area contributed by atoms with Gasteiger partial charge < -0.3 is 9.32 Å². The summed E-state index contributed by atoms with van der Waals surface area (Å²) in [4.78, 5) is 2.38. The third-order valence-electron chi connectivity index (χ3n) is 10.9. The zero-order valence-electron chi connectivity index (χ0n) is 28.6. The van der Waals surface area contributed by atoms with E-state index in [9.17, 15) is 0 Å². The number of rotatable bonds is 5. The van der Waals surface area contributed by atoms with Gasteiger partial charge in [-0.25, -0.2) is 0 Å². The number of anilines is 3. The summed E-state index contributed by atoms with van der Waals surface area (Å²) in [6.45, 7) is 4.64. The van der Waals surface area contributed by atoms with Crippen LogP contribution in [0.25, 0.3) is 66.1 Å². The van der Waals surface area contributed by atoms with E-state index in [1.807, 2.05) is 0 Å². The lowest BCUT2D eigenvalue weighted by molar-refractivity contribution is 0.653. The summed E-state index contributed by atoms with van der Waals surface area (Å²) in [7, 11) is 0. The first-order valence-corrected chi connectivity index (χ1v) is 17.7. The minimum atomic E-state index is -0.103. The molecule has 0 aliphatic heterocycles. The van der Waals surface area contributed by atoms with Gasteiger partial charge in [-0.15, -0.1) is 0 Å². The van der Waals surface area contributed by atoms with E-state index >= 15 is 0 Å². The molecule has 8 aromatic carbocycles. The van der Waals surface area contributed by atoms with Crippen LogP contribution in [0.4, 0.5) is 17.1 Å². The van der Waals surface area contributed by atoms with Gasteiger partial charge in [-0.3, -0.25) is 0 Å². The van der Waals surface area contributed by atoms with Crippen LogP contribution in [-0.4, -0.2) is 0 Å². The van der Waals surface area contributed by atoms with E-state index in [1.54, 1.807) is 0 Å². The highest BCUT2D eigenvalue weighted by atomic mass is 16.3. The van der Waals surface area contributed by atoms with Gasteiger partial charge in [-0.1, -0.05) is 166 Å². The summed E-state index contributed by atoms with van der Waals surface area (Å²) in [6.07, 6.45) is 0. The van der Waals surface area contributed by atoms with Gasteiger partial charge in [0.25, 0.3) is 0 Å². The monoisotopic (exact) mass is 653 g/mol. The molecule has 1 aromatic heterocycles. The molecule has 0 unspecified atom stereocenters. The van der Waals surface area contributed by atoms with E-state index in [1.165, 1.54) is 55.3 Å². The van der Waals surface area contributed by atoms with Crippen LogP contribution >= 0.6 is 0 Å². The minimum Gasteiger partial charge on any atom is -0.453 e. The van der Waals surface area contributed by atoms with Gasteiger partial charge in [0.1, 0.15) is 5.58 Å². The van der Waals surface area contributed by atoms with Crippen LogP contribution in [0.1, 0.15) is 25.0 Å². The standard InChI is InChI=1S/C49H35NO/c1-49(2)42-22-12-11-20-41(42)46-43(49)30-28-40-39-21-13-23-45(47(39)51-48(40)46)50(35-26-24-33(25-27-35)32-14-5-3-6-15-32)44-31-29-36(34-16-7-4-8-17-34)37-18-9-10-19-38(37)44/h3-31H,1-2H3. The SMILES string of the molecule is CC1(C)c2ccccc2-c2c1ccc1c2oc2c(N(c3ccc(-c4ccccc4)cc3)c3ccc(-c4ccccc4)c4ccccc34)cccc21. The molecule has 0 fully saturated rings. The topological polar surface area (TPSA) is 16.4 Å². The summed E-state index contributed by atoms with van der Waals surface area (Å²) in [5.41, 5.74) is 14.8. The van der Waals surface area contributed by atoms with Crippen molar-refractivity contribution in [3.05, 3.63) is 187 Å². The number of benzene rings is 8. The highest BCUT2D eigenvalue weighted by Gasteiger charge is 2.37. The third-order valence-corrected chi connectivity index (χ3v) is 10.9. The fraction of sp³-hybridized carbons (Fsp3) is 0.0612. The largest absolute Gasteiger partial charge is 0.453 e. The van der Waals surface area contributed by atoms with E-state index in [0.717, 1.165) is 39.0 Å². The molecular formula is C49H35NO. The molecule has 51 heavy (non-hydrogen) atoms. The second-order valence-electron chi connectivity index (χ2n) is 14.1. The molecule has 0 radical (unpaired) electrons. The number of hydrogen-bond acceptors (Lipinski definition) is 2. The van der Waals surface area contributed by atoms with Crippen LogP contribution in [0.3, 0.4) is 0 Å². The van der Waals surface area contributed by atoms with Crippen molar-refractivity contribution in [3.63, 3.8) is 0 Å². The number of nitrogens with zero attached hydrogens (tertiary/aromatic N) is 1. The Kier molecular flexibility index (Phi) is 6.56. The average Bonchev–Trinajstić information content (AvgIpc) is 3.69. The van der Waals surface area contributed by atoms with Crippen LogP contribution < -0.4 is 4.90 Å². The second-order valence-corrected chi connectivity index (χ2v) is 14.1. The molecule has 0 saturated carbocycles. The van der Waals surface area contributed by atoms with Crippen LogP contribution in [0, 0.1) is 0 Å². The lowest BCUT2D eigenvalue weighted by Gasteiger charge is -2.27. The summed E-state index contributed by atoms with van der Waals surface area (Å²) in [5, 5.41) is 4.64. The van der Waals surface area contributed by atoms with Crippen molar-refractivity contribution in [1.82, 2.24) is 0 Å². The van der Waals surface area contributed by atoms with Gasteiger partial charge in [0.2, 0.25) is 0 Å². The molecule has 0 atom stereocenters. The first-order chi connectivity index (χ1) is 25.1. The summed E-state index contributed by atoms with van der Waals surface area (Å²) in [6, 6.07) is 63.4. The van der Waals surface area contributed by atoms with Crippen molar-refractivity contribution in [1.29, 1.82) is 0 Å². The Morgan fingerprint density at radius 3 is 1.80 bits per heavy atom. The fourth-order valence-electron chi connectivity index (χ4n) is 8.39. The van der Waals surface area contributed by atoms with Crippen LogP contribution in [0.2, 0.25) is 0 Å². The molecule has 1 heterocycles. The van der Waals surface area contributed by atoms with Gasteiger partial charge in [0.15, 0.2) is 5.58 Å². The smallest absolute Gasteiger partial charge is 0.159 e. The maximum Gasteiger partial charge on any atom is 0.159 e. The molecule has 0 saturated heterocycles. The Morgan fingerprint density at radius 2 is 1.02 bits per heavy atom. The quantitative estimate of drug-likeness (QED) is 0.184. The maximum absolute atomic E-state index is 7.16. The van der Waals surface area contributed by atoms with E-state index in [4.69, 9.17) is 4.42 Å². The molecular weight excluding hydrogens is 619 g/mol. The number of hydrogen-bond donors (Lipinski definition) is 0. The molecule has 242 valence electrons. The van der Waals surface area contributed by atoms with Crippen LogP contribution in [0.5, 0.6) is 0 Å². The zero-order chi connectivity index (χ0) is 34.1. The number of fused-ring (bicyclic) bond motifs is 8. The van der Waals surface area contributed by atoms with E-state index < -0.39 is 0 Å². The van der Waals surface area contributed by atoms with Crippen molar-refractivity contribution < 1.29 is 4.42 Å². The first kappa shape index (κ1) is 29.5. The van der Waals surface area contributed by atoms with Gasteiger partial charge in [0.05, 0.1) is 11.4 Å². The predicted octanol–water partition coefficient (Wildman–Crippen LogP) is 13.8. The predicted molar refractivity (Wildman–Crippen MR) is 214 cm³/mol. The molecule has 0 N–H and O–H groups in total. The van der Waals surface area contributed by atoms with Gasteiger partial charge >= 0.3 is 0 Å². The van der Waals surface area contributed by atoms with E-state index in [0.29, 0.717) is 0 Å². The second kappa shape index (κ2) is 11.3. The molecule has 1 aliphatic rings. The van der Waals surface area contributed by atoms with Gasteiger partial charge in [0, 0.05) is 32.8 Å². The number of furan rings is 1. The maximum atomic E-state index is 7.16. The molecule has 2 heteroatoms. The third kappa shape index (κ3) is 4.50. The highest BCUT2D eigenvalue weighted by molar-refractivity contribution is 6.16. The molecule has 2 nitrogen and oxygen atoms in total. The van der Waals surface area contributed by atoms with Crippen LogP contribution in [-0.2, 0) is 5.41 Å². The summed E-state index contributed by atoms with van der Waals surface area (Å²) in [5.74, 6) is 0. The average molecular weight is 654 g/mol. The summed E-state index contributed by atoms with van der Waals surface area (Å²) < 4.78 is 7.16. The summed E-state index contributed by atoms with van der Waals surface area (Å²) >= 11 is 0. The van der Waals surface area contributed by atoms with E-state index in [2.05, 4.69) is 195 Å². The first-order valence-electron chi connectivity index (χ1n) is 17.7. The van der Waals surface area contributed by atoms with Crippen molar-refractivity contribution >= 4 is 49.8 Å². The normalized spacial score (nSPS) is 13.1. The van der Waals surface area contributed by atoms with Gasteiger partial charge in [-0.2, -0.15) is 0 Å². The molecule has 10 rings (SSSR count). The lowest BCUT2D eigenvalue weighted by atomic mass is 9.82. The Hall–Kier alpha value is -6.38. The zero-order valence-corrected chi connectivity index (χ0v) is 28.6. The van der Waals surface area contributed by atoms with Crippen molar-refractivity contribution in [3.8, 4) is 33.4 Å². The number of para-hydroxylation sites is 1. The van der Waals surface area contributed by atoms with Crippen molar-refractivity contribution in [2.45, 2.75) is 19.3 Å². The molecule has 0 spiro atoms. The fourth-order valence-corrected chi connectivity index (χ4v) is 8.39. The molecule has 0 bridgehead atoms. The molecule has 9 aromatic rings. The minimum absolute atomic E-state index is 0.103. The van der Waals surface area contributed by atoms with Crippen molar-refractivity contribution in [2.75, 3.05) is 4.90 Å². The molecule has 0 amide bonds. The Balaban J connectivity index is 1.24. The Labute approximate surface area is 297 Å². The van der Waals surface area contributed by atoms with Crippen LogP contribution in [0.15, 0.2) is 180 Å². The highest BCUT2D eigenvalue weighted by Crippen LogP contribution is 2.53. The molecule has 1 aliphatic carbocycles. The lowest BCUT2D eigenvalue weighted by Crippen LogP contribution is -2.14.